The molecule has 2 heterocycles. The lowest BCUT2D eigenvalue weighted by molar-refractivity contribution is -0.117. The van der Waals surface area contributed by atoms with Crippen molar-refractivity contribution in [2.24, 2.45) is 5.92 Å². The van der Waals surface area contributed by atoms with Crippen LogP contribution in [0.25, 0.3) is 0 Å². The Labute approximate surface area is 180 Å². The molecule has 158 valence electrons. The van der Waals surface area contributed by atoms with Crippen molar-refractivity contribution in [3.63, 3.8) is 0 Å². The summed E-state index contributed by atoms with van der Waals surface area (Å²) in [6.45, 7) is 4.54. The van der Waals surface area contributed by atoms with Crippen LogP contribution in [0.2, 0.25) is 0 Å². The Morgan fingerprint density at radius 2 is 2.07 bits per heavy atom. The largest absolute Gasteiger partial charge is 0.338 e. The maximum Gasteiger partial charge on any atom is 0.321 e. The number of aromatic nitrogens is 3. The zero-order chi connectivity index (χ0) is 20.6. The summed E-state index contributed by atoms with van der Waals surface area (Å²) in [4.78, 5) is 25.2. The zero-order valence-electron chi connectivity index (χ0n) is 17.0. The van der Waals surface area contributed by atoms with E-state index in [0.29, 0.717) is 18.5 Å². The number of hydrogen-bond donors (Lipinski definition) is 2. The first kappa shape index (κ1) is 21.8. The molecule has 2 aromatic rings. The summed E-state index contributed by atoms with van der Waals surface area (Å²) < 4.78 is 2.23. The number of amides is 3. The van der Waals surface area contributed by atoms with Crippen molar-refractivity contribution in [1.29, 1.82) is 0 Å². The molecule has 1 saturated carbocycles. The van der Waals surface area contributed by atoms with Gasteiger partial charge in [0.1, 0.15) is 5.82 Å². The van der Waals surface area contributed by atoms with E-state index in [1.54, 1.807) is 11.3 Å². The normalized spacial score (nSPS) is 14.9. The Kier molecular flexibility index (Phi) is 8.11. The topological polar surface area (TPSA) is 88.9 Å². The molecular weight excluding hydrogens is 406 g/mol. The van der Waals surface area contributed by atoms with E-state index in [1.165, 1.54) is 35.9 Å². The quantitative estimate of drug-likeness (QED) is 0.612. The van der Waals surface area contributed by atoms with Crippen LogP contribution in [0.4, 0.5) is 4.79 Å². The van der Waals surface area contributed by atoms with Gasteiger partial charge in [-0.05, 0) is 30.2 Å². The number of rotatable bonds is 8. The first-order valence-electron chi connectivity index (χ1n) is 10.2. The molecule has 0 unspecified atom stereocenters. The first-order valence-corrected chi connectivity index (χ1v) is 12.1. The van der Waals surface area contributed by atoms with Crippen molar-refractivity contribution in [1.82, 2.24) is 25.4 Å². The number of thiophene rings is 1. The fourth-order valence-corrected chi connectivity index (χ4v) is 4.96. The highest BCUT2D eigenvalue weighted by Crippen LogP contribution is 2.33. The Bertz CT molecular complexity index is 798. The van der Waals surface area contributed by atoms with Crippen molar-refractivity contribution in [2.75, 3.05) is 12.3 Å². The molecule has 0 atom stereocenters. The molecule has 0 radical (unpaired) electrons. The fraction of sp³-hybridized carbons (Fsp3) is 0.600. The number of imide groups is 1. The van der Waals surface area contributed by atoms with Gasteiger partial charge < -0.3 is 9.88 Å². The summed E-state index contributed by atoms with van der Waals surface area (Å²) in [5.41, 5.74) is 0. The third-order valence-corrected chi connectivity index (χ3v) is 6.66. The lowest BCUT2D eigenvalue weighted by atomic mass is 9.95. The van der Waals surface area contributed by atoms with Gasteiger partial charge in [0.2, 0.25) is 5.91 Å². The summed E-state index contributed by atoms with van der Waals surface area (Å²) in [6, 6.07) is 4.09. The second-order valence-corrected chi connectivity index (χ2v) is 9.73. The number of carbonyl (C=O) groups is 2. The second-order valence-electron chi connectivity index (χ2n) is 7.76. The number of urea groups is 1. The van der Waals surface area contributed by atoms with E-state index in [9.17, 15) is 9.59 Å². The lowest BCUT2D eigenvalue weighted by Crippen LogP contribution is -2.41. The molecule has 1 aliphatic carbocycles. The van der Waals surface area contributed by atoms with Gasteiger partial charge in [0.15, 0.2) is 5.16 Å². The van der Waals surface area contributed by atoms with Gasteiger partial charge in [-0.3, -0.25) is 10.1 Å². The average Bonchev–Trinajstić information content (AvgIpc) is 3.35. The van der Waals surface area contributed by atoms with Crippen LogP contribution in [0.5, 0.6) is 0 Å². The third kappa shape index (κ3) is 6.57. The highest BCUT2D eigenvalue weighted by molar-refractivity contribution is 7.99. The number of nitrogens with one attached hydrogen (secondary N) is 2. The standard InChI is InChI=1S/C20H29N5O2S2/c1-14(2)12-21-19(27)22-18(26)13-29-20-24-23-17(11-16-9-6-10-28-16)25(20)15-7-4-3-5-8-15/h6,9-10,14-15H,3-5,7-8,11-13H2,1-2H3,(H2,21,22,26,27). The molecule has 2 N–H and O–H groups in total. The van der Waals surface area contributed by atoms with Crippen LogP contribution in [-0.4, -0.2) is 39.0 Å². The average molecular weight is 436 g/mol. The van der Waals surface area contributed by atoms with Gasteiger partial charge in [-0.25, -0.2) is 4.79 Å². The molecule has 9 heteroatoms. The molecule has 0 aromatic carbocycles. The third-order valence-electron chi connectivity index (χ3n) is 4.84. The molecule has 3 amide bonds. The summed E-state index contributed by atoms with van der Waals surface area (Å²) in [5.74, 6) is 1.10. The molecule has 3 rings (SSSR count). The number of carbonyl (C=O) groups excluding carboxylic acids is 2. The lowest BCUT2D eigenvalue weighted by Gasteiger charge is -2.25. The Morgan fingerprint density at radius 1 is 1.28 bits per heavy atom. The van der Waals surface area contributed by atoms with Gasteiger partial charge in [0, 0.05) is 23.9 Å². The number of nitrogens with zero attached hydrogens (tertiary/aromatic N) is 3. The number of thioether (sulfide) groups is 1. The Hall–Kier alpha value is -1.87. The molecule has 2 aromatic heterocycles. The van der Waals surface area contributed by atoms with Crippen LogP contribution in [0, 0.1) is 5.92 Å². The highest BCUT2D eigenvalue weighted by atomic mass is 32.2. The van der Waals surface area contributed by atoms with Crippen molar-refractivity contribution >= 4 is 35.0 Å². The summed E-state index contributed by atoms with van der Waals surface area (Å²) in [5, 5.41) is 16.7. The van der Waals surface area contributed by atoms with Gasteiger partial charge in [-0.1, -0.05) is 50.9 Å². The van der Waals surface area contributed by atoms with E-state index < -0.39 is 6.03 Å². The highest BCUT2D eigenvalue weighted by Gasteiger charge is 2.24. The van der Waals surface area contributed by atoms with E-state index in [2.05, 4.69) is 36.8 Å². The minimum atomic E-state index is -0.448. The molecule has 7 nitrogen and oxygen atoms in total. The SMILES string of the molecule is CC(C)CNC(=O)NC(=O)CSc1nnc(Cc2cccs2)n1C1CCCCC1. The van der Waals surface area contributed by atoms with Gasteiger partial charge in [0.05, 0.1) is 5.75 Å². The van der Waals surface area contributed by atoms with E-state index in [4.69, 9.17) is 0 Å². The van der Waals surface area contributed by atoms with Gasteiger partial charge in [-0.15, -0.1) is 21.5 Å². The van der Waals surface area contributed by atoms with Crippen LogP contribution in [0.1, 0.15) is 62.7 Å². The van der Waals surface area contributed by atoms with Gasteiger partial charge >= 0.3 is 6.03 Å². The summed E-state index contributed by atoms with van der Waals surface area (Å²) in [7, 11) is 0. The summed E-state index contributed by atoms with van der Waals surface area (Å²) in [6.07, 6.45) is 6.68. The Balaban J connectivity index is 1.64. The van der Waals surface area contributed by atoms with Crippen molar-refractivity contribution < 1.29 is 9.59 Å². The predicted octanol–water partition coefficient (Wildman–Crippen LogP) is 4.01. The first-order chi connectivity index (χ1) is 14.0. The van der Waals surface area contributed by atoms with Gasteiger partial charge in [-0.2, -0.15) is 0 Å². The van der Waals surface area contributed by atoms with Gasteiger partial charge in [0.25, 0.3) is 0 Å². The molecule has 0 bridgehead atoms. The van der Waals surface area contributed by atoms with Crippen LogP contribution >= 0.6 is 23.1 Å². The minimum Gasteiger partial charge on any atom is -0.338 e. The molecule has 0 aliphatic heterocycles. The zero-order valence-corrected chi connectivity index (χ0v) is 18.7. The number of hydrogen-bond acceptors (Lipinski definition) is 6. The van der Waals surface area contributed by atoms with Crippen LogP contribution in [0.3, 0.4) is 0 Å². The molecule has 1 aliphatic rings. The molecule has 29 heavy (non-hydrogen) atoms. The fourth-order valence-electron chi connectivity index (χ4n) is 3.44. The second kappa shape index (κ2) is 10.8. The van der Waals surface area contributed by atoms with Crippen LogP contribution in [-0.2, 0) is 11.2 Å². The molecule has 0 saturated heterocycles. The van der Waals surface area contributed by atoms with Crippen LogP contribution in [0.15, 0.2) is 22.7 Å². The maximum atomic E-state index is 12.2. The monoisotopic (exact) mass is 435 g/mol. The maximum absolute atomic E-state index is 12.2. The van der Waals surface area contributed by atoms with Crippen LogP contribution < -0.4 is 10.6 Å². The van der Waals surface area contributed by atoms with Crippen molar-refractivity contribution in [2.45, 2.75) is 63.6 Å². The minimum absolute atomic E-state index is 0.138. The molecule has 1 fully saturated rings. The van der Waals surface area contributed by atoms with E-state index in [1.807, 2.05) is 19.9 Å². The Morgan fingerprint density at radius 3 is 2.76 bits per heavy atom. The van der Waals surface area contributed by atoms with Crippen molar-refractivity contribution in [3.05, 3.63) is 28.2 Å². The smallest absolute Gasteiger partial charge is 0.321 e. The van der Waals surface area contributed by atoms with Crippen molar-refractivity contribution in [3.8, 4) is 0 Å². The van der Waals surface area contributed by atoms with E-state index >= 15 is 0 Å². The van der Waals surface area contributed by atoms with E-state index in [0.717, 1.165) is 30.2 Å². The molecule has 0 spiro atoms. The summed E-state index contributed by atoms with van der Waals surface area (Å²) >= 11 is 3.07. The predicted molar refractivity (Wildman–Crippen MR) is 116 cm³/mol. The van der Waals surface area contributed by atoms with E-state index in [-0.39, 0.29) is 11.7 Å². The molecular formula is C20H29N5O2S2.